The van der Waals surface area contributed by atoms with E-state index in [0.717, 1.165) is 46.8 Å². The van der Waals surface area contributed by atoms with Gasteiger partial charge in [-0.15, -0.1) is 0 Å². The third-order valence-corrected chi connectivity index (χ3v) is 5.07. The summed E-state index contributed by atoms with van der Waals surface area (Å²) >= 11 is 0. The molecule has 0 bridgehead atoms. The van der Waals surface area contributed by atoms with Crippen molar-refractivity contribution in [3.05, 3.63) is 66.1 Å². The molecule has 0 radical (unpaired) electrons. The largest absolute Gasteiger partial charge is 0.494 e. The average Bonchev–Trinajstić information content (AvgIpc) is 3.16. The highest BCUT2D eigenvalue weighted by Crippen LogP contribution is 2.37. The van der Waals surface area contributed by atoms with E-state index in [2.05, 4.69) is 22.9 Å². The zero-order valence-electron chi connectivity index (χ0n) is 16.5. The van der Waals surface area contributed by atoms with Crippen LogP contribution in [0, 0.1) is 6.92 Å². The molecule has 4 aromatic rings. The van der Waals surface area contributed by atoms with Crippen LogP contribution in [0.25, 0.3) is 22.3 Å². The van der Waals surface area contributed by atoms with Crippen molar-refractivity contribution >= 4 is 22.5 Å². The summed E-state index contributed by atoms with van der Waals surface area (Å²) in [5, 5.41) is 0.957. The minimum Gasteiger partial charge on any atom is -0.494 e. The molecule has 0 saturated heterocycles. The van der Waals surface area contributed by atoms with Gasteiger partial charge < -0.3 is 9.64 Å². The minimum absolute atomic E-state index is 0.614. The van der Waals surface area contributed by atoms with Gasteiger partial charge in [-0.05, 0) is 61.7 Å². The summed E-state index contributed by atoms with van der Waals surface area (Å²) in [6.07, 6.45) is 6.40. The number of pyridine rings is 2. The van der Waals surface area contributed by atoms with Gasteiger partial charge in [0.1, 0.15) is 17.4 Å². The molecule has 0 atom stereocenters. The quantitative estimate of drug-likeness (QED) is 0.517. The second-order valence-electron chi connectivity index (χ2n) is 7.12. The summed E-state index contributed by atoms with van der Waals surface area (Å²) in [4.78, 5) is 20.9. The Morgan fingerprint density at radius 1 is 1.07 bits per heavy atom. The van der Waals surface area contributed by atoms with Crippen LogP contribution in [0.1, 0.15) is 18.1 Å². The number of rotatable bonds is 4. The van der Waals surface area contributed by atoms with Crippen LogP contribution in [0.5, 0.6) is 5.75 Å². The van der Waals surface area contributed by atoms with Gasteiger partial charge in [-0.3, -0.25) is 4.98 Å². The molecule has 1 aromatic carbocycles. The SMILES string of the molecule is CCOc1ccc2nc(-c3cccnc3)nc(N3CCc4cc(C)cnc43)c2c1. The van der Waals surface area contributed by atoms with Gasteiger partial charge in [-0.2, -0.15) is 0 Å². The van der Waals surface area contributed by atoms with Crippen LogP contribution in [0.4, 0.5) is 11.6 Å². The predicted octanol–water partition coefficient (Wildman–Crippen LogP) is 4.49. The first kappa shape index (κ1) is 17.6. The Morgan fingerprint density at radius 2 is 2.00 bits per heavy atom. The number of fused-ring (bicyclic) bond motifs is 2. The Labute approximate surface area is 169 Å². The van der Waals surface area contributed by atoms with Crippen molar-refractivity contribution in [1.29, 1.82) is 0 Å². The normalized spacial score (nSPS) is 13.0. The van der Waals surface area contributed by atoms with E-state index in [9.17, 15) is 0 Å². The lowest BCUT2D eigenvalue weighted by atomic mass is 10.2. The van der Waals surface area contributed by atoms with Crippen LogP contribution >= 0.6 is 0 Å². The number of aromatic nitrogens is 4. The highest BCUT2D eigenvalue weighted by atomic mass is 16.5. The molecule has 0 spiro atoms. The first-order chi connectivity index (χ1) is 14.2. The highest BCUT2D eigenvalue weighted by molar-refractivity contribution is 5.94. The lowest BCUT2D eigenvalue weighted by Crippen LogP contribution is -2.17. The van der Waals surface area contributed by atoms with Crippen LogP contribution in [0.2, 0.25) is 0 Å². The van der Waals surface area contributed by atoms with E-state index < -0.39 is 0 Å². The second kappa shape index (κ2) is 7.13. The molecule has 0 unspecified atom stereocenters. The molecule has 6 heteroatoms. The molecule has 5 rings (SSSR count). The minimum atomic E-state index is 0.614. The van der Waals surface area contributed by atoms with E-state index >= 15 is 0 Å². The van der Waals surface area contributed by atoms with E-state index in [-0.39, 0.29) is 0 Å². The third-order valence-electron chi connectivity index (χ3n) is 5.07. The van der Waals surface area contributed by atoms with Gasteiger partial charge in [-0.1, -0.05) is 6.07 Å². The van der Waals surface area contributed by atoms with Crippen molar-refractivity contribution in [2.45, 2.75) is 20.3 Å². The van der Waals surface area contributed by atoms with Crippen LogP contribution in [0.3, 0.4) is 0 Å². The summed E-state index contributed by atoms with van der Waals surface area (Å²) in [5.74, 6) is 3.29. The standard InChI is InChI=1S/C23H21N5O/c1-3-29-18-6-7-20-19(12-18)23(27-21(26-20)17-5-4-9-24-14-17)28-10-8-16-11-15(2)13-25-22(16)28/h4-7,9,11-14H,3,8,10H2,1-2H3. The van der Waals surface area contributed by atoms with E-state index in [4.69, 9.17) is 19.7 Å². The predicted molar refractivity (Wildman–Crippen MR) is 114 cm³/mol. The van der Waals surface area contributed by atoms with E-state index in [1.807, 2.05) is 43.5 Å². The fraction of sp³-hybridized carbons (Fsp3) is 0.217. The molecule has 1 aliphatic heterocycles. The lowest BCUT2D eigenvalue weighted by molar-refractivity contribution is 0.340. The van der Waals surface area contributed by atoms with Crippen LogP contribution < -0.4 is 9.64 Å². The molecule has 0 aliphatic carbocycles. The fourth-order valence-corrected chi connectivity index (χ4v) is 3.77. The van der Waals surface area contributed by atoms with Gasteiger partial charge in [0.05, 0.1) is 12.1 Å². The third kappa shape index (κ3) is 3.16. The fourth-order valence-electron chi connectivity index (χ4n) is 3.77. The Balaban J connectivity index is 1.73. The lowest BCUT2D eigenvalue weighted by Gasteiger charge is -2.20. The first-order valence-electron chi connectivity index (χ1n) is 9.81. The average molecular weight is 383 g/mol. The van der Waals surface area contributed by atoms with Crippen molar-refractivity contribution in [1.82, 2.24) is 19.9 Å². The van der Waals surface area contributed by atoms with Gasteiger partial charge in [0, 0.05) is 36.1 Å². The molecule has 6 nitrogen and oxygen atoms in total. The van der Waals surface area contributed by atoms with Crippen molar-refractivity contribution in [3.63, 3.8) is 0 Å². The van der Waals surface area contributed by atoms with Crippen molar-refractivity contribution in [2.75, 3.05) is 18.1 Å². The summed E-state index contributed by atoms with van der Waals surface area (Å²) in [5.41, 5.74) is 4.19. The van der Waals surface area contributed by atoms with Crippen LogP contribution in [-0.4, -0.2) is 33.1 Å². The van der Waals surface area contributed by atoms with Crippen molar-refractivity contribution in [2.24, 2.45) is 0 Å². The number of ether oxygens (including phenoxy) is 1. The molecule has 0 fully saturated rings. The number of nitrogens with zero attached hydrogens (tertiary/aromatic N) is 5. The summed E-state index contributed by atoms with van der Waals surface area (Å²) in [6.45, 7) is 5.51. The number of aryl methyl sites for hydroxylation is 1. The van der Waals surface area contributed by atoms with Gasteiger partial charge in [0.25, 0.3) is 0 Å². The van der Waals surface area contributed by atoms with Crippen LogP contribution in [-0.2, 0) is 6.42 Å². The first-order valence-corrected chi connectivity index (χ1v) is 9.81. The summed E-state index contributed by atoms with van der Waals surface area (Å²) < 4.78 is 5.73. The Hall–Kier alpha value is -3.54. The Morgan fingerprint density at radius 3 is 2.83 bits per heavy atom. The second-order valence-corrected chi connectivity index (χ2v) is 7.12. The maximum Gasteiger partial charge on any atom is 0.163 e. The molecule has 1 aliphatic rings. The molecular weight excluding hydrogens is 362 g/mol. The maximum absolute atomic E-state index is 5.73. The van der Waals surface area contributed by atoms with E-state index in [1.54, 1.807) is 12.4 Å². The van der Waals surface area contributed by atoms with Crippen molar-refractivity contribution < 1.29 is 4.74 Å². The van der Waals surface area contributed by atoms with E-state index in [0.29, 0.717) is 12.4 Å². The number of hydrogen-bond donors (Lipinski definition) is 0. The summed E-state index contributed by atoms with van der Waals surface area (Å²) in [7, 11) is 0. The van der Waals surface area contributed by atoms with Crippen molar-refractivity contribution in [3.8, 4) is 17.1 Å². The molecule has 3 aromatic heterocycles. The Bertz CT molecular complexity index is 1190. The highest BCUT2D eigenvalue weighted by Gasteiger charge is 2.26. The monoisotopic (exact) mass is 383 g/mol. The number of anilines is 2. The molecule has 29 heavy (non-hydrogen) atoms. The van der Waals surface area contributed by atoms with Gasteiger partial charge in [0.15, 0.2) is 5.82 Å². The zero-order chi connectivity index (χ0) is 19.8. The van der Waals surface area contributed by atoms with Crippen LogP contribution in [0.15, 0.2) is 55.0 Å². The number of benzene rings is 1. The molecule has 0 amide bonds. The number of hydrogen-bond acceptors (Lipinski definition) is 6. The van der Waals surface area contributed by atoms with Gasteiger partial charge in [-0.25, -0.2) is 15.0 Å². The topological polar surface area (TPSA) is 64.0 Å². The van der Waals surface area contributed by atoms with Gasteiger partial charge in [0.2, 0.25) is 0 Å². The molecule has 144 valence electrons. The van der Waals surface area contributed by atoms with Gasteiger partial charge >= 0.3 is 0 Å². The molecular formula is C23H21N5O. The molecule has 0 N–H and O–H groups in total. The molecule has 4 heterocycles. The zero-order valence-corrected chi connectivity index (χ0v) is 16.5. The maximum atomic E-state index is 5.73. The summed E-state index contributed by atoms with van der Waals surface area (Å²) in [6, 6.07) is 12.1. The molecule has 0 saturated carbocycles. The van der Waals surface area contributed by atoms with E-state index in [1.165, 1.54) is 11.1 Å². The Kier molecular flexibility index (Phi) is 4.31. The smallest absolute Gasteiger partial charge is 0.163 e.